The second-order valence-electron chi connectivity index (χ2n) is 4.82. The number of hydrogen-bond acceptors (Lipinski definition) is 2. The van der Waals surface area contributed by atoms with Gasteiger partial charge in [-0.2, -0.15) is 0 Å². The summed E-state index contributed by atoms with van der Waals surface area (Å²) < 4.78 is 25.3. The number of hydrogen-bond donors (Lipinski definition) is 1. The Bertz CT molecular complexity index is 621. The molecule has 0 aliphatic rings. The lowest BCUT2D eigenvalue weighted by molar-refractivity contribution is 0.545. The first kappa shape index (κ1) is 16.1. The van der Waals surface area contributed by atoms with Gasteiger partial charge in [-0.3, -0.25) is 4.21 Å². The molecule has 21 heavy (non-hydrogen) atoms. The summed E-state index contributed by atoms with van der Waals surface area (Å²) in [5.74, 6) is 0.151. The predicted molar refractivity (Wildman–Crippen MR) is 86.4 cm³/mol. The number of nitrogens with one attached hydrogen (secondary N) is 1. The van der Waals surface area contributed by atoms with Crippen LogP contribution >= 0.6 is 11.6 Å². The standard InChI is InChI=1S/C16H17ClFNOS/c1-21(20)11-16(12-5-3-2-4-6-12)19-10-13-7-8-14(17)9-15(13)18/h2-9,16,19H,10-11H2,1H3. The topological polar surface area (TPSA) is 29.1 Å². The van der Waals surface area contributed by atoms with Crippen molar-refractivity contribution in [3.63, 3.8) is 0 Å². The van der Waals surface area contributed by atoms with Crippen molar-refractivity contribution in [3.8, 4) is 0 Å². The van der Waals surface area contributed by atoms with Crippen LogP contribution in [0.3, 0.4) is 0 Å². The maximum Gasteiger partial charge on any atom is 0.129 e. The lowest BCUT2D eigenvalue weighted by atomic mass is 10.1. The lowest BCUT2D eigenvalue weighted by Crippen LogP contribution is -2.26. The Morgan fingerprint density at radius 1 is 1.24 bits per heavy atom. The quantitative estimate of drug-likeness (QED) is 0.877. The molecule has 0 aliphatic heterocycles. The molecule has 2 unspecified atom stereocenters. The number of benzene rings is 2. The molecule has 2 aromatic rings. The van der Waals surface area contributed by atoms with Gasteiger partial charge >= 0.3 is 0 Å². The first-order valence-electron chi connectivity index (χ1n) is 6.58. The maximum absolute atomic E-state index is 13.8. The Hall–Kier alpha value is -1.23. The molecule has 0 radical (unpaired) electrons. The van der Waals surface area contributed by atoms with Crippen molar-refractivity contribution in [3.05, 3.63) is 70.5 Å². The van der Waals surface area contributed by atoms with Gasteiger partial charge in [0.15, 0.2) is 0 Å². The first-order valence-corrected chi connectivity index (χ1v) is 8.69. The van der Waals surface area contributed by atoms with Gasteiger partial charge in [-0.15, -0.1) is 0 Å². The van der Waals surface area contributed by atoms with Crippen LogP contribution in [0.15, 0.2) is 48.5 Å². The van der Waals surface area contributed by atoms with Crippen molar-refractivity contribution in [2.45, 2.75) is 12.6 Å². The second-order valence-corrected chi connectivity index (χ2v) is 6.74. The van der Waals surface area contributed by atoms with E-state index in [2.05, 4.69) is 5.32 Å². The minimum absolute atomic E-state index is 0.0767. The molecular weight excluding hydrogens is 309 g/mol. The van der Waals surface area contributed by atoms with E-state index in [9.17, 15) is 8.60 Å². The van der Waals surface area contributed by atoms with Crippen molar-refractivity contribution < 1.29 is 8.60 Å². The zero-order valence-corrected chi connectivity index (χ0v) is 13.3. The molecule has 1 N–H and O–H groups in total. The van der Waals surface area contributed by atoms with E-state index >= 15 is 0 Å². The van der Waals surface area contributed by atoms with E-state index in [0.29, 0.717) is 22.9 Å². The minimum atomic E-state index is -0.940. The summed E-state index contributed by atoms with van der Waals surface area (Å²) in [4.78, 5) is 0. The Labute approximate surface area is 131 Å². The molecule has 0 aliphatic carbocycles. The van der Waals surface area contributed by atoms with Gasteiger partial charge in [-0.25, -0.2) is 4.39 Å². The molecule has 0 amide bonds. The normalized spacial score (nSPS) is 13.9. The van der Waals surface area contributed by atoms with Gasteiger partial charge in [0.25, 0.3) is 0 Å². The highest BCUT2D eigenvalue weighted by Crippen LogP contribution is 2.18. The highest BCUT2D eigenvalue weighted by Gasteiger charge is 2.13. The van der Waals surface area contributed by atoms with E-state index in [-0.39, 0.29) is 11.9 Å². The van der Waals surface area contributed by atoms with Crippen LogP contribution in [0.2, 0.25) is 5.02 Å². The van der Waals surface area contributed by atoms with Crippen molar-refractivity contribution in [2.24, 2.45) is 0 Å². The smallest absolute Gasteiger partial charge is 0.129 e. The third-order valence-corrected chi connectivity index (χ3v) is 4.20. The van der Waals surface area contributed by atoms with Gasteiger partial charge in [-0.05, 0) is 17.7 Å². The van der Waals surface area contributed by atoms with E-state index in [1.807, 2.05) is 30.3 Å². The average Bonchev–Trinajstić information content (AvgIpc) is 2.45. The molecule has 0 spiro atoms. The lowest BCUT2D eigenvalue weighted by Gasteiger charge is -2.18. The summed E-state index contributed by atoms with van der Waals surface area (Å²) >= 11 is 5.74. The van der Waals surface area contributed by atoms with E-state index in [4.69, 9.17) is 11.6 Å². The Balaban J connectivity index is 2.10. The van der Waals surface area contributed by atoms with Crippen molar-refractivity contribution in [1.82, 2.24) is 5.32 Å². The average molecular weight is 326 g/mol. The molecule has 0 bridgehead atoms. The summed E-state index contributed by atoms with van der Waals surface area (Å²) in [5.41, 5.74) is 1.59. The molecule has 0 aromatic heterocycles. The van der Waals surface area contributed by atoms with Crippen LogP contribution in [0.1, 0.15) is 17.2 Å². The zero-order chi connectivity index (χ0) is 15.2. The minimum Gasteiger partial charge on any atom is -0.305 e. The Morgan fingerprint density at radius 3 is 2.57 bits per heavy atom. The monoisotopic (exact) mass is 325 g/mol. The molecule has 112 valence electrons. The Kier molecular flexibility index (Phi) is 5.91. The fourth-order valence-corrected chi connectivity index (χ4v) is 3.03. The highest BCUT2D eigenvalue weighted by molar-refractivity contribution is 7.84. The van der Waals surface area contributed by atoms with Gasteiger partial charge in [0.2, 0.25) is 0 Å². The summed E-state index contributed by atoms with van der Waals surface area (Å²) in [6, 6.07) is 14.3. The van der Waals surface area contributed by atoms with Crippen LogP contribution in [-0.4, -0.2) is 16.2 Å². The zero-order valence-electron chi connectivity index (χ0n) is 11.7. The van der Waals surface area contributed by atoms with Crippen molar-refractivity contribution in [2.75, 3.05) is 12.0 Å². The molecule has 0 saturated carbocycles. The van der Waals surface area contributed by atoms with Crippen molar-refractivity contribution in [1.29, 1.82) is 0 Å². The third kappa shape index (κ3) is 4.92. The van der Waals surface area contributed by atoms with E-state index < -0.39 is 10.8 Å². The van der Waals surface area contributed by atoms with Gasteiger partial charge in [0.05, 0.1) is 0 Å². The van der Waals surface area contributed by atoms with Crippen LogP contribution < -0.4 is 5.32 Å². The van der Waals surface area contributed by atoms with E-state index in [0.717, 1.165) is 5.56 Å². The molecule has 2 rings (SSSR count). The first-order chi connectivity index (χ1) is 10.1. The molecule has 0 fully saturated rings. The number of halogens is 2. The van der Waals surface area contributed by atoms with E-state index in [1.54, 1.807) is 18.4 Å². The van der Waals surface area contributed by atoms with Crippen LogP contribution in [0.4, 0.5) is 4.39 Å². The third-order valence-electron chi connectivity index (χ3n) is 3.16. The molecule has 0 heterocycles. The molecule has 0 saturated heterocycles. The van der Waals surface area contributed by atoms with Gasteiger partial charge in [0.1, 0.15) is 5.82 Å². The summed E-state index contributed by atoms with van der Waals surface area (Å²) in [6.07, 6.45) is 1.67. The molecular formula is C16H17ClFNOS. The Morgan fingerprint density at radius 2 is 1.95 bits per heavy atom. The van der Waals surface area contributed by atoms with E-state index in [1.165, 1.54) is 6.07 Å². The molecule has 5 heteroatoms. The summed E-state index contributed by atoms with van der Waals surface area (Å²) in [5, 5.41) is 3.65. The fourth-order valence-electron chi connectivity index (χ4n) is 2.09. The largest absolute Gasteiger partial charge is 0.305 e. The second kappa shape index (κ2) is 7.69. The molecule has 2 aromatic carbocycles. The highest BCUT2D eigenvalue weighted by atomic mass is 35.5. The fraction of sp³-hybridized carbons (Fsp3) is 0.250. The van der Waals surface area contributed by atoms with Gasteiger partial charge in [-0.1, -0.05) is 48.0 Å². The molecule has 2 nitrogen and oxygen atoms in total. The summed E-state index contributed by atoms with van der Waals surface area (Å²) in [7, 11) is -0.940. The van der Waals surface area contributed by atoms with Gasteiger partial charge < -0.3 is 5.32 Å². The van der Waals surface area contributed by atoms with Gasteiger partial charge in [0, 0.05) is 46.0 Å². The van der Waals surface area contributed by atoms with Crippen LogP contribution in [0.5, 0.6) is 0 Å². The maximum atomic E-state index is 13.8. The predicted octanol–water partition coefficient (Wildman–Crippen LogP) is 3.69. The van der Waals surface area contributed by atoms with Crippen LogP contribution in [0, 0.1) is 5.82 Å². The van der Waals surface area contributed by atoms with Crippen molar-refractivity contribution >= 4 is 22.4 Å². The van der Waals surface area contributed by atoms with Crippen LogP contribution in [0.25, 0.3) is 0 Å². The summed E-state index contributed by atoms with van der Waals surface area (Å²) in [6.45, 7) is 0.361. The SMILES string of the molecule is CS(=O)CC(NCc1ccc(Cl)cc1F)c1ccccc1. The number of rotatable bonds is 6. The molecule has 2 atom stereocenters. The van der Waals surface area contributed by atoms with Crippen LogP contribution in [-0.2, 0) is 17.3 Å².